The molecule has 0 saturated heterocycles. The van der Waals surface area contributed by atoms with Gasteiger partial charge in [0.2, 0.25) is 0 Å². The van der Waals surface area contributed by atoms with Gasteiger partial charge in [-0.2, -0.15) is 0 Å². The van der Waals surface area contributed by atoms with Gasteiger partial charge < -0.3 is 14.8 Å². The van der Waals surface area contributed by atoms with Crippen LogP contribution in [-0.4, -0.2) is 18.1 Å². The lowest BCUT2D eigenvalue weighted by atomic mass is 10.0. The molecule has 0 aliphatic rings. The third kappa shape index (κ3) is 3.58. The summed E-state index contributed by atoms with van der Waals surface area (Å²) in [5.41, 5.74) is 3.68. The van der Waals surface area contributed by atoms with Crippen LogP contribution in [0.15, 0.2) is 30.3 Å². The fraction of sp³-hybridized carbons (Fsp3) is 0.263. The molecule has 130 valence electrons. The number of para-hydroxylation sites is 1. The Morgan fingerprint density at radius 1 is 1.20 bits per heavy atom. The minimum atomic E-state index is -0.478. The fourth-order valence-electron chi connectivity index (χ4n) is 2.59. The Labute approximate surface area is 150 Å². The monoisotopic (exact) mass is 356 g/mol. The van der Waals surface area contributed by atoms with E-state index in [0.717, 1.165) is 37.7 Å². The van der Waals surface area contributed by atoms with Crippen molar-refractivity contribution in [3.63, 3.8) is 0 Å². The number of carbonyl (C=O) groups is 1. The van der Waals surface area contributed by atoms with Crippen molar-refractivity contribution in [3.8, 4) is 11.5 Å². The first-order valence-electron chi connectivity index (χ1n) is 7.97. The number of rotatable bonds is 4. The van der Waals surface area contributed by atoms with Crippen LogP contribution < -0.4 is 14.8 Å². The molecular weight excluding hydrogens is 336 g/mol. The Morgan fingerprint density at radius 3 is 2.68 bits per heavy atom. The average molecular weight is 356 g/mol. The van der Waals surface area contributed by atoms with Crippen molar-refractivity contribution in [1.82, 2.24) is 10.3 Å². The third-order valence-corrected chi connectivity index (χ3v) is 5.08. The van der Waals surface area contributed by atoms with Gasteiger partial charge >= 0.3 is 6.09 Å². The molecular formula is C19H20N2O3S. The molecule has 0 radical (unpaired) electrons. The summed E-state index contributed by atoms with van der Waals surface area (Å²) in [4.78, 5) is 16.1. The van der Waals surface area contributed by atoms with Gasteiger partial charge in [-0.05, 0) is 55.7 Å². The van der Waals surface area contributed by atoms with Crippen LogP contribution in [0, 0.1) is 20.8 Å². The molecule has 5 nitrogen and oxygen atoms in total. The number of ether oxygens (including phenoxy) is 2. The summed E-state index contributed by atoms with van der Waals surface area (Å²) in [6.07, 6.45) is -0.478. The van der Waals surface area contributed by atoms with E-state index in [1.165, 1.54) is 7.05 Å². The predicted molar refractivity (Wildman–Crippen MR) is 99.7 cm³/mol. The summed E-state index contributed by atoms with van der Waals surface area (Å²) in [7, 11) is 1.54. The van der Waals surface area contributed by atoms with E-state index < -0.39 is 6.09 Å². The number of nitrogens with one attached hydrogen (secondary N) is 1. The quantitative estimate of drug-likeness (QED) is 0.747. The SMILES string of the molecule is CNC(=O)Oc1c(C)cc(OCc2nc3ccccc3s2)c(C)c1C. The minimum absolute atomic E-state index is 0.411. The second kappa shape index (κ2) is 7.11. The molecule has 1 heterocycles. The predicted octanol–water partition coefficient (Wildman–Crippen LogP) is 4.52. The van der Waals surface area contributed by atoms with Gasteiger partial charge in [0.05, 0.1) is 10.2 Å². The van der Waals surface area contributed by atoms with E-state index in [2.05, 4.69) is 16.4 Å². The van der Waals surface area contributed by atoms with Crippen LogP contribution in [0.25, 0.3) is 10.2 Å². The van der Waals surface area contributed by atoms with Crippen molar-refractivity contribution in [1.29, 1.82) is 0 Å². The molecule has 25 heavy (non-hydrogen) atoms. The van der Waals surface area contributed by atoms with Crippen molar-refractivity contribution < 1.29 is 14.3 Å². The number of amides is 1. The molecule has 0 aliphatic carbocycles. The van der Waals surface area contributed by atoms with Crippen molar-refractivity contribution >= 4 is 27.6 Å². The zero-order valence-electron chi connectivity index (χ0n) is 14.7. The summed E-state index contributed by atoms with van der Waals surface area (Å²) in [5, 5.41) is 3.39. The highest BCUT2D eigenvalue weighted by Gasteiger charge is 2.15. The van der Waals surface area contributed by atoms with Crippen LogP contribution in [0.1, 0.15) is 21.7 Å². The van der Waals surface area contributed by atoms with Crippen LogP contribution in [0.3, 0.4) is 0 Å². The Balaban J connectivity index is 1.81. The van der Waals surface area contributed by atoms with E-state index in [1.807, 2.05) is 45.0 Å². The summed E-state index contributed by atoms with van der Waals surface area (Å²) in [6, 6.07) is 9.94. The van der Waals surface area contributed by atoms with Gasteiger partial charge in [0.1, 0.15) is 23.1 Å². The molecule has 6 heteroatoms. The maximum absolute atomic E-state index is 11.5. The molecule has 0 aliphatic heterocycles. The molecule has 0 unspecified atom stereocenters. The number of fused-ring (bicyclic) bond motifs is 1. The number of aryl methyl sites for hydroxylation is 1. The fourth-order valence-corrected chi connectivity index (χ4v) is 3.47. The largest absolute Gasteiger partial charge is 0.486 e. The van der Waals surface area contributed by atoms with E-state index in [4.69, 9.17) is 9.47 Å². The molecule has 1 amide bonds. The smallest absolute Gasteiger partial charge is 0.412 e. The number of benzene rings is 2. The van der Waals surface area contributed by atoms with E-state index in [0.29, 0.717) is 12.4 Å². The van der Waals surface area contributed by atoms with Crippen LogP contribution in [0.5, 0.6) is 11.5 Å². The Bertz CT molecular complexity index is 901. The van der Waals surface area contributed by atoms with Gasteiger partial charge in [0.15, 0.2) is 0 Å². The van der Waals surface area contributed by atoms with Crippen LogP contribution >= 0.6 is 11.3 Å². The number of aromatic nitrogens is 1. The maximum atomic E-state index is 11.5. The molecule has 3 aromatic rings. The van der Waals surface area contributed by atoms with Gasteiger partial charge in [-0.15, -0.1) is 11.3 Å². The molecule has 0 spiro atoms. The zero-order valence-corrected chi connectivity index (χ0v) is 15.5. The topological polar surface area (TPSA) is 60.5 Å². The first-order valence-corrected chi connectivity index (χ1v) is 8.79. The second-order valence-electron chi connectivity index (χ2n) is 5.77. The molecule has 0 saturated carbocycles. The van der Waals surface area contributed by atoms with Gasteiger partial charge in [-0.3, -0.25) is 0 Å². The van der Waals surface area contributed by atoms with Gasteiger partial charge in [-0.1, -0.05) is 12.1 Å². The second-order valence-corrected chi connectivity index (χ2v) is 6.89. The summed E-state index contributed by atoms with van der Waals surface area (Å²) >= 11 is 1.63. The molecule has 0 atom stereocenters. The van der Waals surface area contributed by atoms with E-state index >= 15 is 0 Å². The summed E-state index contributed by atoms with van der Waals surface area (Å²) in [5.74, 6) is 1.35. The maximum Gasteiger partial charge on any atom is 0.412 e. The first kappa shape index (κ1) is 17.2. The van der Waals surface area contributed by atoms with Crippen LogP contribution in [-0.2, 0) is 6.61 Å². The van der Waals surface area contributed by atoms with Gasteiger partial charge in [0.25, 0.3) is 0 Å². The van der Waals surface area contributed by atoms with E-state index in [-0.39, 0.29) is 0 Å². The molecule has 0 fully saturated rings. The number of carbonyl (C=O) groups excluding carboxylic acids is 1. The number of hydrogen-bond donors (Lipinski definition) is 1. The number of nitrogens with zero attached hydrogens (tertiary/aromatic N) is 1. The summed E-state index contributed by atoms with van der Waals surface area (Å²) < 4.78 is 12.5. The Hall–Kier alpha value is -2.60. The third-order valence-electron chi connectivity index (χ3n) is 4.07. The lowest BCUT2D eigenvalue weighted by molar-refractivity contribution is 0.202. The van der Waals surface area contributed by atoms with E-state index in [1.54, 1.807) is 11.3 Å². The first-order chi connectivity index (χ1) is 12.0. The Kier molecular flexibility index (Phi) is 4.90. The van der Waals surface area contributed by atoms with Crippen LogP contribution in [0.2, 0.25) is 0 Å². The molecule has 3 rings (SSSR count). The molecule has 1 N–H and O–H groups in total. The van der Waals surface area contributed by atoms with Crippen molar-refractivity contribution in [2.45, 2.75) is 27.4 Å². The zero-order chi connectivity index (χ0) is 18.0. The molecule has 2 aromatic carbocycles. The van der Waals surface area contributed by atoms with Crippen molar-refractivity contribution in [2.24, 2.45) is 0 Å². The lowest BCUT2D eigenvalue weighted by Crippen LogP contribution is -2.23. The van der Waals surface area contributed by atoms with Gasteiger partial charge in [0, 0.05) is 7.05 Å². The Morgan fingerprint density at radius 2 is 1.96 bits per heavy atom. The highest BCUT2D eigenvalue weighted by Crippen LogP contribution is 2.34. The van der Waals surface area contributed by atoms with Crippen LogP contribution in [0.4, 0.5) is 4.79 Å². The normalized spacial score (nSPS) is 10.7. The number of hydrogen-bond acceptors (Lipinski definition) is 5. The molecule has 1 aromatic heterocycles. The highest BCUT2D eigenvalue weighted by molar-refractivity contribution is 7.18. The van der Waals surface area contributed by atoms with Gasteiger partial charge in [-0.25, -0.2) is 9.78 Å². The lowest BCUT2D eigenvalue weighted by Gasteiger charge is -2.16. The standard InChI is InChI=1S/C19H20N2O3S/c1-11-9-15(12(2)13(3)18(11)24-19(22)20-4)23-10-17-21-14-7-5-6-8-16(14)25-17/h5-9H,10H2,1-4H3,(H,20,22). The van der Waals surface area contributed by atoms with Crippen molar-refractivity contribution in [2.75, 3.05) is 7.05 Å². The van der Waals surface area contributed by atoms with Crippen molar-refractivity contribution in [3.05, 3.63) is 52.0 Å². The highest BCUT2D eigenvalue weighted by atomic mass is 32.1. The number of thiazole rings is 1. The minimum Gasteiger partial charge on any atom is -0.486 e. The molecule has 0 bridgehead atoms. The van der Waals surface area contributed by atoms with E-state index in [9.17, 15) is 4.79 Å². The average Bonchev–Trinajstić information content (AvgIpc) is 3.03. The summed E-state index contributed by atoms with van der Waals surface area (Å²) in [6.45, 7) is 6.19.